The number of pyridine rings is 1. The van der Waals surface area contributed by atoms with E-state index in [0.29, 0.717) is 34.6 Å². The van der Waals surface area contributed by atoms with E-state index in [1.165, 1.54) is 0 Å². The Morgan fingerprint density at radius 2 is 2.00 bits per heavy atom. The smallest absolute Gasteiger partial charge is 0.152 e. The van der Waals surface area contributed by atoms with E-state index >= 15 is 0 Å². The summed E-state index contributed by atoms with van der Waals surface area (Å²) in [6.07, 6.45) is 0.534. The Morgan fingerprint density at radius 3 is 2.55 bits per heavy atom. The third-order valence-electron chi connectivity index (χ3n) is 3.20. The van der Waals surface area contributed by atoms with Crippen molar-refractivity contribution in [3.05, 3.63) is 16.1 Å². The van der Waals surface area contributed by atoms with Crippen LogP contribution in [0.15, 0.2) is 6.07 Å². The van der Waals surface area contributed by atoms with Crippen LogP contribution in [0, 0.1) is 0 Å². The van der Waals surface area contributed by atoms with Gasteiger partial charge in [0.25, 0.3) is 0 Å². The third-order valence-corrected chi connectivity index (χ3v) is 5.68. The first-order valence-electron chi connectivity index (χ1n) is 6.33. The van der Waals surface area contributed by atoms with Gasteiger partial charge in [0, 0.05) is 6.54 Å². The molecule has 0 aliphatic carbocycles. The van der Waals surface area contributed by atoms with Gasteiger partial charge in [-0.3, -0.25) is 0 Å². The maximum Gasteiger partial charge on any atom is 0.152 e. The summed E-state index contributed by atoms with van der Waals surface area (Å²) in [5.74, 6) is 1.25. The molecular formula is C12H17Cl2N3O2S. The van der Waals surface area contributed by atoms with Crippen molar-refractivity contribution >= 4 is 44.7 Å². The Morgan fingerprint density at radius 1 is 1.35 bits per heavy atom. The first-order valence-corrected chi connectivity index (χ1v) is 8.91. The number of rotatable bonds is 4. The Hall–Kier alpha value is -0.720. The predicted molar refractivity (Wildman–Crippen MR) is 83.7 cm³/mol. The highest BCUT2D eigenvalue weighted by Gasteiger charge is 2.39. The molecule has 1 atom stereocenters. The van der Waals surface area contributed by atoms with E-state index in [1.807, 2.05) is 13.8 Å². The molecule has 1 aromatic rings. The second-order valence-corrected chi connectivity index (χ2v) is 8.21. The molecule has 1 unspecified atom stereocenters. The molecular weight excluding hydrogens is 321 g/mol. The van der Waals surface area contributed by atoms with Gasteiger partial charge in [0.2, 0.25) is 0 Å². The van der Waals surface area contributed by atoms with Gasteiger partial charge < -0.3 is 10.6 Å². The minimum Gasteiger partial charge on any atom is -0.369 e. The van der Waals surface area contributed by atoms with Crippen molar-refractivity contribution in [2.24, 2.45) is 0 Å². The van der Waals surface area contributed by atoms with E-state index in [1.54, 1.807) is 6.07 Å². The maximum absolute atomic E-state index is 11.6. The van der Waals surface area contributed by atoms with Crippen molar-refractivity contribution in [1.29, 1.82) is 0 Å². The SMILES string of the molecule is CCNc1nc(NC2(C)CCS(=O)(=O)C2)c(Cl)cc1Cl. The highest BCUT2D eigenvalue weighted by Crippen LogP contribution is 2.33. The number of hydrogen-bond acceptors (Lipinski definition) is 5. The highest BCUT2D eigenvalue weighted by molar-refractivity contribution is 7.91. The average Bonchev–Trinajstić information content (AvgIpc) is 2.60. The molecule has 0 spiro atoms. The summed E-state index contributed by atoms with van der Waals surface area (Å²) in [5.41, 5.74) is -0.549. The number of nitrogens with zero attached hydrogens (tertiary/aromatic N) is 1. The van der Waals surface area contributed by atoms with E-state index in [-0.39, 0.29) is 11.5 Å². The van der Waals surface area contributed by atoms with Crippen LogP contribution < -0.4 is 10.6 Å². The molecule has 2 rings (SSSR count). The van der Waals surface area contributed by atoms with Crippen molar-refractivity contribution < 1.29 is 8.42 Å². The molecule has 0 saturated carbocycles. The standard InChI is InChI=1S/C12H17Cl2N3O2S/c1-3-15-10-8(13)6-9(14)11(16-10)17-12(2)4-5-20(18,19)7-12/h6H,3-5,7H2,1-2H3,(H2,15,16,17). The molecule has 1 saturated heterocycles. The molecule has 1 fully saturated rings. The van der Waals surface area contributed by atoms with Crippen LogP contribution >= 0.6 is 23.2 Å². The Bertz CT molecular complexity index is 621. The normalized spacial score (nSPS) is 24.6. The molecule has 0 amide bonds. The van der Waals surface area contributed by atoms with Crippen LogP contribution in [0.5, 0.6) is 0 Å². The second kappa shape index (κ2) is 5.58. The lowest BCUT2D eigenvalue weighted by molar-refractivity contribution is 0.572. The van der Waals surface area contributed by atoms with Crippen LogP contribution in [0.3, 0.4) is 0 Å². The van der Waals surface area contributed by atoms with Crippen LogP contribution in [-0.4, -0.2) is 37.0 Å². The van der Waals surface area contributed by atoms with Crippen molar-refractivity contribution in [3.8, 4) is 0 Å². The van der Waals surface area contributed by atoms with Crippen molar-refractivity contribution in [3.63, 3.8) is 0 Å². The molecule has 1 aromatic heterocycles. The van der Waals surface area contributed by atoms with Crippen molar-refractivity contribution in [2.75, 3.05) is 28.7 Å². The molecule has 1 aliphatic rings. The molecule has 0 bridgehead atoms. The number of aromatic nitrogens is 1. The topological polar surface area (TPSA) is 71.1 Å². The fraction of sp³-hybridized carbons (Fsp3) is 0.583. The number of anilines is 2. The van der Waals surface area contributed by atoms with Crippen LogP contribution in [-0.2, 0) is 9.84 Å². The van der Waals surface area contributed by atoms with Gasteiger partial charge in [-0.1, -0.05) is 23.2 Å². The molecule has 112 valence electrons. The molecule has 8 heteroatoms. The first kappa shape index (κ1) is 15.7. The number of sulfone groups is 1. The second-order valence-electron chi connectivity index (χ2n) is 5.21. The fourth-order valence-corrected chi connectivity index (χ4v) is 4.81. The molecule has 5 nitrogen and oxygen atoms in total. The third kappa shape index (κ3) is 3.48. The molecule has 20 heavy (non-hydrogen) atoms. The van der Waals surface area contributed by atoms with Gasteiger partial charge in [-0.15, -0.1) is 0 Å². The van der Waals surface area contributed by atoms with Gasteiger partial charge >= 0.3 is 0 Å². The summed E-state index contributed by atoms with van der Waals surface area (Å²) in [5, 5.41) is 7.00. The fourth-order valence-electron chi connectivity index (χ4n) is 2.24. The van der Waals surface area contributed by atoms with Gasteiger partial charge in [-0.25, -0.2) is 13.4 Å². The Kier molecular flexibility index (Phi) is 4.37. The molecule has 0 aromatic carbocycles. The summed E-state index contributed by atoms with van der Waals surface area (Å²) >= 11 is 12.2. The van der Waals surface area contributed by atoms with Gasteiger partial charge in [0.05, 0.1) is 27.1 Å². The van der Waals surface area contributed by atoms with Gasteiger partial charge in [-0.2, -0.15) is 0 Å². The lowest BCUT2D eigenvalue weighted by Crippen LogP contribution is -2.36. The lowest BCUT2D eigenvalue weighted by atomic mass is 10.0. The van der Waals surface area contributed by atoms with Gasteiger partial charge in [0.15, 0.2) is 9.84 Å². The molecule has 2 N–H and O–H groups in total. The molecule has 2 heterocycles. The monoisotopic (exact) mass is 337 g/mol. The summed E-state index contributed by atoms with van der Waals surface area (Å²) in [6.45, 7) is 4.47. The minimum atomic E-state index is -2.99. The zero-order valence-corrected chi connectivity index (χ0v) is 13.7. The maximum atomic E-state index is 11.6. The number of halogens is 2. The Labute approximate surface area is 129 Å². The van der Waals surface area contributed by atoms with E-state index in [4.69, 9.17) is 23.2 Å². The van der Waals surface area contributed by atoms with Crippen molar-refractivity contribution in [2.45, 2.75) is 25.8 Å². The van der Waals surface area contributed by atoms with Crippen molar-refractivity contribution in [1.82, 2.24) is 4.98 Å². The average molecular weight is 338 g/mol. The van der Waals surface area contributed by atoms with E-state index in [0.717, 1.165) is 0 Å². The van der Waals surface area contributed by atoms with Crippen LogP contribution in [0.1, 0.15) is 20.3 Å². The summed E-state index contributed by atoms with van der Waals surface area (Å²) in [4.78, 5) is 4.34. The zero-order chi connectivity index (χ0) is 15.0. The summed E-state index contributed by atoms with van der Waals surface area (Å²) in [6, 6.07) is 1.60. The summed E-state index contributed by atoms with van der Waals surface area (Å²) < 4.78 is 23.2. The summed E-state index contributed by atoms with van der Waals surface area (Å²) in [7, 11) is -2.99. The van der Waals surface area contributed by atoms with E-state index in [9.17, 15) is 8.42 Å². The van der Waals surface area contributed by atoms with Crippen LogP contribution in [0.2, 0.25) is 10.0 Å². The number of nitrogens with one attached hydrogen (secondary N) is 2. The molecule has 0 radical (unpaired) electrons. The minimum absolute atomic E-state index is 0.0805. The molecule has 1 aliphatic heterocycles. The quantitative estimate of drug-likeness (QED) is 0.883. The first-order chi connectivity index (χ1) is 9.25. The number of hydrogen-bond donors (Lipinski definition) is 2. The van der Waals surface area contributed by atoms with E-state index < -0.39 is 15.4 Å². The lowest BCUT2D eigenvalue weighted by Gasteiger charge is -2.25. The van der Waals surface area contributed by atoms with Crippen LogP contribution in [0.25, 0.3) is 0 Å². The Balaban J connectivity index is 2.27. The largest absolute Gasteiger partial charge is 0.369 e. The van der Waals surface area contributed by atoms with Crippen LogP contribution in [0.4, 0.5) is 11.6 Å². The highest BCUT2D eigenvalue weighted by atomic mass is 35.5. The van der Waals surface area contributed by atoms with Gasteiger partial charge in [-0.05, 0) is 26.3 Å². The predicted octanol–water partition coefficient (Wildman–Crippen LogP) is 2.81. The van der Waals surface area contributed by atoms with E-state index in [2.05, 4.69) is 15.6 Å². The van der Waals surface area contributed by atoms with Gasteiger partial charge in [0.1, 0.15) is 11.6 Å². The zero-order valence-electron chi connectivity index (χ0n) is 11.3.